The van der Waals surface area contributed by atoms with Crippen LogP contribution in [0.5, 0.6) is 11.5 Å². The van der Waals surface area contributed by atoms with Crippen LogP contribution in [0.1, 0.15) is 5.56 Å². The monoisotopic (exact) mass is 285 g/mol. The van der Waals surface area contributed by atoms with Gasteiger partial charge in [-0.2, -0.15) is 10.2 Å². The van der Waals surface area contributed by atoms with Gasteiger partial charge in [-0.1, -0.05) is 29.8 Å². The molecule has 0 saturated heterocycles. The van der Waals surface area contributed by atoms with Gasteiger partial charge in [0.25, 0.3) is 0 Å². The highest BCUT2D eigenvalue weighted by molar-refractivity contribution is 6.31. The van der Waals surface area contributed by atoms with Crippen molar-refractivity contribution in [2.45, 2.75) is 6.54 Å². The molecule has 3 aromatic rings. The smallest absolute Gasteiger partial charge is 0.156 e. The van der Waals surface area contributed by atoms with Crippen molar-refractivity contribution in [3.8, 4) is 11.5 Å². The Morgan fingerprint density at radius 1 is 1.15 bits per heavy atom. The highest BCUT2D eigenvalue weighted by Crippen LogP contribution is 2.30. The van der Waals surface area contributed by atoms with Crippen LogP contribution < -0.4 is 10.5 Å². The van der Waals surface area contributed by atoms with E-state index in [1.807, 2.05) is 36.4 Å². The van der Waals surface area contributed by atoms with Gasteiger partial charge in [0.1, 0.15) is 5.75 Å². The number of benzene rings is 2. The van der Waals surface area contributed by atoms with Gasteiger partial charge in [0.05, 0.1) is 11.7 Å². The van der Waals surface area contributed by atoms with Crippen molar-refractivity contribution in [2.24, 2.45) is 5.73 Å². The molecule has 2 aromatic carbocycles. The molecule has 0 atom stereocenters. The Morgan fingerprint density at radius 3 is 2.80 bits per heavy atom. The first kappa shape index (κ1) is 12.8. The van der Waals surface area contributed by atoms with Crippen LogP contribution in [0, 0.1) is 0 Å². The van der Waals surface area contributed by atoms with E-state index in [1.54, 1.807) is 12.3 Å². The number of hydrogen-bond donors (Lipinski definition) is 1. The van der Waals surface area contributed by atoms with Gasteiger partial charge in [-0.05, 0) is 29.8 Å². The van der Waals surface area contributed by atoms with Crippen LogP contribution in [-0.4, -0.2) is 10.2 Å². The average molecular weight is 286 g/mol. The Kier molecular flexibility index (Phi) is 3.50. The summed E-state index contributed by atoms with van der Waals surface area (Å²) < 4.78 is 5.84. The molecule has 0 fully saturated rings. The molecule has 0 saturated carbocycles. The van der Waals surface area contributed by atoms with Crippen molar-refractivity contribution < 1.29 is 4.74 Å². The van der Waals surface area contributed by atoms with E-state index in [-0.39, 0.29) is 0 Å². The fraction of sp³-hybridized carbons (Fsp3) is 0.0667. The van der Waals surface area contributed by atoms with E-state index in [0.29, 0.717) is 23.1 Å². The second kappa shape index (κ2) is 5.45. The molecule has 0 aliphatic rings. The minimum Gasteiger partial charge on any atom is -0.455 e. The molecule has 100 valence electrons. The van der Waals surface area contributed by atoms with Crippen LogP contribution in [0.4, 0.5) is 0 Å². The maximum Gasteiger partial charge on any atom is 0.156 e. The van der Waals surface area contributed by atoms with Crippen LogP contribution in [-0.2, 0) is 6.54 Å². The van der Waals surface area contributed by atoms with Crippen LogP contribution in [0.15, 0.2) is 48.7 Å². The number of nitrogens with two attached hydrogens (primary N) is 1. The summed E-state index contributed by atoms with van der Waals surface area (Å²) in [4.78, 5) is 0. The van der Waals surface area contributed by atoms with Gasteiger partial charge in [-0.3, -0.25) is 0 Å². The Bertz CT molecular complexity index is 756. The quantitative estimate of drug-likeness (QED) is 0.799. The number of hydrogen-bond acceptors (Lipinski definition) is 4. The zero-order chi connectivity index (χ0) is 13.9. The highest BCUT2D eigenvalue weighted by atomic mass is 35.5. The Morgan fingerprint density at radius 2 is 2.00 bits per heavy atom. The van der Waals surface area contributed by atoms with E-state index in [9.17, 15) is 0 Å². The highest BCUT2D eigenvalue weighted by Gasteiger charge is 2.06. The standard InChI is InChI=1S/C15H12ClN3O/c16-13-7-11(6-5-10(13)8-17)20-15-9-18-19-14-4-2-1-3-12(14)15/h1-7,9H,8,17H2. The number of nitrogens with zero attached hydrogens (tertiary/aromatic N) is 2. The SMILES string of the molecule is NCc1ccc(Oc2cnnc3ccccc23)cc1Cl. The minimum absolute atomic E-state index is 0.402. The molecular weight excluding hydrogens is 274 g/mol. The summed E-state index contributed by atoms with van der Waals surface area (Å²) in [6.45, 7) is 0.402. The van der Waals surface area contributed by atoms with E-state index in [0.717, 1.165) is 16.5 Å². The van der Waals surface area contributed by atoms with Gasteiger partial charge in [-0.25, -0.2) is 0 Å². The van der Waals surface area contributed by atoms with Gasteiger partial charge in [0, 0.05) is 17.0 Å². The summed E-state index contributed by atoms with van der Waals surface area (Å²) in [5.41, 5.74) is 7.26. The van der Waals surface area contributed by atoms with Crippen molar-refractivity contribution >= 4 is 22.5 Å². The zero-order valence-electron chi connectivity index (χ0n) is 10.6. The number of rotatable bonds is 3. The van der Waals surface area contributed by atoms with Gasteiger partial charge in [-0.15, -0.1) is 0 Å². The molecule has 3 rings (SSSR count). The molecule has 0 amide bonds. The predicted molar refractivity (Wildman–Crippen MR) is 79.0 cm³/mol. The number of halogens is 1. The van der Waals surface area contributed by atoms with E-state index in [4.69, 9.17) is 22.1 Å². The van der Waals surface area contributed by atoms with E-state index in [1.165, 1.54) is 0 Å². The Hall–Kier alpha value is -2.17. The van der Waals surface area contributed by atoms with E-state index < -0.39 is 0 Å². The molecule has 5 heteroatoms. The summed E-state index contributed by atoms with van der Waals surface area (Å²) in [7, 11) is 0. The predicted octanol–water partition coefficient (Wildman–Crippen LogP) is 3.53. The second-order valence-corrected chi connectivity index (χ2v) is 4.69. The number of fused-ring (bicyclic) bond motifs is 1. The van der Waals surface area contributed by atoms with E-state index >= 15 is 0 Å². The summed E-state index contributed by atoms with van der Waals surface area (Å²) in [5, 5.41) is 9.49. The van der Waals surface area contributed by atoms with Crippen LogP contribution in [0.3, 0.4) is 0 Å². The Balaban J connectivity index is 1.99. The second-order valence-electron chi connectivity index (χ2n) is 4.29. The van der Waals surface area contributed by atoms with Gasteiger partial charge >= 0.3 is 0 Å². The molecular formula is C15H12ClN3O. The minimum atomic E-state index is 0.402. The fourth-order valence-corrected chi connectivity index (χ4v) is 2.20. The molecule has 1 aromatic heterocycles. The first-order chi connectivity index (χ1) is 9.78. The lowest BCUT2D eigenvalue weighted by Gasteiger charge is -2.09. The van der Waals surface area contributed by atoms with Crippen LogP contribution >= 0.6 is 11.6 Å². The molecule has 0 bridgehead atoms. The molecule has 0 aliphatic heterocycles. The van der Waals surface area contributed by atoms with Crippen molar-refractivity contribution in [3.05, 3.63) is 59.2 Å². The number of aromatic nitrogens is 2. The van der Waals surface area contributed by atoms with E-state index in [2.05, 4.69) is 10.2 Å². The maximum absolute atomic E-state index is 6.13. The van der Waals surface area contributed by atoms with Gasteiger partial charge < -0.3 is 10.5 Å². The van der Waals surface area contributed by atoms with Gasteiger partial charge in [0.2, 0.25) is 0 Å². The maximum atomic E-state index is 6.13. The lowest BCUT2D eigenvalue weighted by molar-refractivity contribution is 0.484. The molecule has 0 unspecified atom stereocenters. The molecule has 0 aliphatic carbocycles. The number of ether oxygens (including phenoxy) is 1. The third-order valence-corrected chi connectivity index (χ3v) is 3.33. The Labute approximate surface area is 121 Å². The summed E-state index contributed by atoms with van der Waals surface area (Å²) in [6.07, 6.45) is 1.59. The summed E-state index contributed by atoms with van der Waals surface area (Å²) in [5.74, 6) is 1.29. The molecule has 2 N–H and O–H groups in total. The summed E-state index contributed by atoms with van der Waals surface area (Å²) >= 11 is 6.13. The normalized spacial score (nSPS) is 10.7. The molecule has 4 nitrogen and oxygen atoms in total. The average Bonchev–Trinajstić information content (AvgIpc) is 2.48. The fourth-order valence-electron chi connectivity index (χ4n) is 1.95. The first-order valence-electron chi connectivity index (χ1n) is 6.14. The third-order valence-electron chi connectivity index (χ3n) is 2.98. The lowest BCUT2D eigenvalue weighted by Crippen LogP contribution is -1.97. The lowest BCUT2D eigenvalue weighted by atomic mass is 10.2. The van der Waals surface area contributed by atoms with Gasteiger partial charge in [0.15, 0.2) is 5.75 Å². The van der Waals surface area contributed by atoms with Crippen molar-refractivity contribution in [1.29, 1.82) is 0 Å². The van der Waals surface area contributed by atoms with Crippen LogP contribution in [0.25, 0.3) is 10.9 Å². The molecule has 20 heavy (non-hydrogen) atoms. The zero-order valence-corrected chi connectivity index (χ0v) is 11.3. The topological polar surface area (TPSA) is 61.0 Å². The first-order valence-corrected chi connectivity index (χ1v) is 6.52. The third kappa shape index (κ3) is 2.43. The molecule has 1 heterocycles. The summed E-state index contributed by atoms with van der Waals surface area (Å²) in [6, 6.07) is 13.1. The van der Waals surface area contributed by atoms with Crippen LogP contribution in [0.2, 0.25) is 5.02 Å². The molecule has 0 radical (unpaired) electrons. The largest absolute Gasteiger partial charge is 0.455 e. The van der Waals surface area contributed by atoms with Crippen molar-refractivity contribution in [1.82, 2.24) is 10.2 Å². The van der Waals surface area contributed by atoms with Crippen molar-refractivity contribution in [2.75, 3.05) is 0 Å². The van der Waals surface area contributed by atoms with Crippen molar-refractivity contribution in [3.63, 3.8) is 0 Å². The molecule has 0 spiro atoms.